The fourth-order valence-electron chi connectivity index (χ4n) is 1.73. The summed E-state index contributed by atoms with van der Waals surface area (Å²) in [6.07, 6.45) is 0. The normalized spacial score (nSPS) is 10.3. The summed E-state index contributed by atoms with van der Waals surface area (Å²) in [4.78, 5) is 0. The Morgan fingerprint density at radius 1 is 1.18 bits per heavy atom. The summed E-state index contributed by atoms with van der Waals surface area (Å²) in [5.74, 6) is 0.0286. The molecule has 0 aliphatic heterocycles. The molecule has 17 heavy (non-hydrogen) atoms. The fraction of sp³-hybridized carbons (Fsp3) is 0.0769. The van der Waals surface area contributed by atoms with Gasteiger partial charge in [0.25, 0.3) is 0 Å². The van der Waals surface area contributed by atoms with Crippen LogP contribution in [0.4, 0.5) is 4.39 Å². The average molecular weight is 246 g/mol. The van der Waals surface area contributed by atoms with E-state index < -0.39 is 5.82 Å². The maximum Gasteiger partial charge on any atom is 0.132 e. The minimum absolute atomic E-state index is 0.304. The molecule has 0 saturated heterocycles. The van der Waals surface area contributed by atoms with E-state index in [2.05, 4.69) is 0 Å². The molecule has 4 heteroatoms. The van der Waals surface area contributed by atoms with Gasteiger partial charge in [0.05, 0.1) is 12.1 Å². The van der Waals surface area contributed by atoms with Gasteiger partial charge in [-0.1, -0.05) is 41.3 Å². The molecular weight excluding hydrogens is 237 g/mol. The number of halogens is 2. The van der Waals surface area contributed by atoms with Crippen LogP contribution < -0.4 is 10.2 Å². The number of ether oxygens (including phenoxy) is 1. The largest absolute Gasteiger partial charge is 0.497 e. The number of hydrogen-bond donors (Lipinski definition) is 0. The summed E-state index contributed by atoms with van der Waals surface area (Å²) in [6, 6.07) is 9.68. The maximum atomic E-state index is 13.8. The molecule has 0 amide bonds. The van der Waals surface area contributed by atoms with Crippen molar-refractivity contribution in [3.8, 4) is 16.9 Å². The predicted molar refractivity (Wildman–Crippen MR) is 68.8 cm³/mol. The van der Waals surface area contributed by atoms with Gasteiger partial charge in [0.15, 0.2) is 0 Å². The molecule has 2 rings (SSSR count). The minimum Gasteiger partial charge on any atom is -0.497 e. The lowest BCUT2D eigenvalue weighted by Crippen LogP contribution is -2.08. The third kappa shape index (κ3) is 2.15. The first kappa shape index (κ1) is 12.0. The van der Waals surface area contributed by atoms with E-state index in [1.807, 2.05) is 0 Å². The van der Waals surface area contributed by atoms with Crippen LogP contribution in [-0.4, -0.2) is 15.0 Å². The van der Waals surface area contributed by atoms with Gasteiger partial charge >= 0.3 is 0 Å². The van der Waals surface area contributed by atoms with Gasteiger partial charge in [-0.2, -0.15) is 0 Å². The Morgan fingerprint density at radius 2 is 1.88 bits per heavy atom. The Hall–Kier alpha value is -1.48. The Kier molecular flexibility index (Phi) is 3.39. The summed E-state index contributed by atoms with van der Waals surface area (Å²) < 4.78 is 19.0. The summed E-state index contributed by atoms with van der Waals surface area (Å²) in [6.45, 7) is 0. The molecule has 84 valence electrons. The lowest BCUT2D eigenvalue weighted by molar-refractivity contribution is 0.419. The van der Waals surface area contributed by atoms with Crippen molar-refractivity contribution in [3.63, 3.8) is 0 Å². The molecule has 0 N–H and O–H groups in total. The molecule has 1 nitrogen and oxygen atoms in total. The second kappa shape index (κ2) is 4.80. The smallest absolute Gasteiger partial charge is 0.132 e. The second-order valence-corrected chi connectivity index (χ2v) is 3.93. The highest BCUT2D eigenvalue weighted by Crippen LogP contribution is 2.35. The molecule has 0 spiro atoms. The van der Waals surface area contributed by atoms with Crippen LogP contribution in [0.5, 0.6) is 5.75 Å². The first-order valence-electron chi connectivity index (χ1n) is 5.02. The van der Waals surface area contributed by atoms with E-state index in [1.165, 1.54) is 13.2 Å². The SMILES string of the molecule is [B]c1cccc(-c2c(F)cccc2Cl)c1OC. The standard InChI is InChI=1S/C13H9BClFO/c1-17-13-8(4-2-5-9(13)14)12-10(15)6-3-7-11(12)16/h2-7H,1H3. The molecule has 0 aromatic heterocycles. The Balaban J connectivity index is 2.73. The highest BCUT2D eigenvalue weighted by molar-refractivity contribution is 6.36. The van der Waals surface area contributed by atoms with Crippen molar-refractivity contribution in [1.82, 2.24) is 0 Å². The molecular formula is C13H9BClFO. The second-order valence-electron chi connectivity index (χ2n) is 3.52. The van der Waals surface area contributed by atoms with Crippen LogP contribution in [0.1, 0.15) is 0 Å². The molecule has 0 atom stereocenters. The molecule has 2 radical (unpaired) electrons. The van der Waals surface area contributed by atoms with E-state index in [1.54, 1.807) is 30.3 Å². The number of benzene rings is 2. The summed E-state index contributed by atoms with van der Waals surface area (Å²) in [7, 11) is 7.27. The molecule has 0 heterocycles. The number of methoxy groups -OCH3 is 1. The Labute approximate surface area is 106 Å². The quantitative estimate of drug-likeness (QED) is 0.740. The van der Waals surface area contributed by atoms with Crippen molar-refractivity contribution in [2.75, 3.05) is 7.11 Å². The van der Waals surface area contributed by atoms with E-state index in [4.69, 9.17) is 24.2 Å². The summed E-state index contributed by atoms with van der Waals surface area (Å²) in [5, 5.41) is 0.328. The molecule has 2 aromatic carbocycles. The first-order chi connectivity index (χ1) is 8.15. The Bertz CT molecular complexity index is 537. The highest BCUT2D eigenvalue weighted by atomic mass is 35.5. The van der Waals surface area contributed by atoms with E-state index in [9.17, 15) is 4.39 Å². The van der Waals surface area contributed by atoms with Gasteiger partial charge < -0.3 is 4.74 Å². The fourth-order valence-corrected chi connectivity index (χ4v) is 2.00. The number of rotatable bonds is 2. The van der Waals surface area contributed by atoms with Gasteiger partial charge in [-0.3, -0.25) is 0 Å². The van der Waals surface area contributed by atoms with Crippen LogP contribution in [0, 0.1) is 5.82 Å². The molecule has 0 aliphatic rings. The summed E-state index contributed by atoms with van der Waals surface area (Å²) >= 11 is 6.01. The van der Waals surface area contributed by atoms with Gasteiger partial charge in [-0.15, -0.1) is 0 Å². The van der Waals surface area contributed by atoms with Gasteiger partial charge in [-0.05, 0) is 12.1 Å². The molecule has 0 aliphatic carbocycles. The van der Waals surface area contributed by atoms with Crippen molar-refractivity contribution in [2.45, 2.75) is 0 Å². The average Bonchev–Trinajstić information content (AvgIpc) is 2.29. The van der Waals surface area contributed by atoms with Crippen LogP contribution in [-0.2, 0) is 0 Å². The van der Waals surface area contributed by atoms with E-state index in [0.29, 0.717) is 27.4 Å². The molecule has 0 fully saturated rings. The van der Waals surface area contributed by atoms with Crippen molar-refractivity contribution in [2.24, 2.45) is 0 Å². The van der Waals surface area contributed by atoms with Crippen LogP contribution in [0.2, 0.25) is 5.02 Å². The van der Waals surface area contributed by atoms with Crippen LogP contribution in [0.25, 0.3) is 11.1 Å². The zero-order valence-electron chi connectivity index (χ0n) is 9.21. The van der Waals surface area contributed by atoms with Gasteiger partial charge in [-0.25, -0.2) is 4.39 Å². The van der Waals surface area contributed by atoms with Crippen molar-refractivity contribution in [1.29, 1.82) is 0 Å². The molecule has 0 saturated carbocycles. The number of para-hydroxylation sites is 1. The third-order valence-electron chi connectivity index (χ3n) is 2.48. The van der Waals surface area contributed by atoms with E-state index >= 15 is 0 Å². The zero-order valence-corrected chi connectivity index (χ0v) is 9.96. The van der Waals surface area contributed by atoms with Crippen LogP contribution in [0.3, 0.4) is 0 Å². The molecule has 0 unspecified atom stereocenters. The lowest BCUT2D eigenvalue weighted by atomic mass is 9.90. The third-order valence-corrected chi connectivity index (χ3v) is 2.80. The van der Waals surface area contributed by atoms with Crippen LogP contribution in [0.15, 0.2) is 36.4 Å². The first-order valence-corrected chi connectivity index (χ1v) is 5.40. The monoisotopic (exact) mass is 246 g/mol. The van der Waals surface area contributed by atoms with E-state index in [-0.39, 0.29) is 0 Å². The highest BCUT2D eigenvalue weighted by Gasteiger charge is 2.14. The van der Waals surface area contributed by atoms with Gasteiger partial charge in [0.1, 0.15) is 19.4 Å². The number of hydrogen-bond acceptors (Lipinski definition) is 1. The topological polar surface area (TPSA) is 9.23 Å². The lowest BCUT2D eigenvalue weighted by Gasteiger charge is -2.13. The molecule has 0 bridgehead atoms. The molecule has 2 aromatic rings. The maximum absolute atomic E-state index is 13.8. The summed E-state index contributed by atoms with van der Waals surface area (Å²) in [5.41, 5.74) is 1.30. The predicted octanol–water partition coefficient (Wildman–Crippen LogP) is 2.95. The van der Waals surface area contributed by atoms with Crippen molar-refractivity contribution >= 4 is 24.9 Å². The Morgan fingerprint density at radius 3 is 2.53 bits per heavy atom. The van der Waals surface area contributed by atoms with Crippen molar-refractivity contribution < 1.29 is 9.13 Å². The van der Waals surface area contributed by atoms with Crippen LogP contribution >= 0.6 is 11.6 Å². The zero-order chi connectivity index (χ0) is 12.4. The van der Waals surface area contributed by atoms with Gasteiger partial charge in [0, 0.05) is 11.1 Å². The minimum atomic E-state index is -0.401. The van der Waals surface area contributed by atoms with Crippen molar-refractivity contribution in [3.05, 3.63) is 47.2 Å². The van der Waals surface area contributed by atoms with Gasteiger partial charge in [0.2, 0.25) is 0 Å². The van der Waals surface area contributed by atoms with E-state index in [0.717, 1.165) is 0 Å².